The fourth-order valence-corrected chi connectivity index (χ4v) is 6.84. The van der Waals surface area contributed by atoms with Crippen molar-refractivity contribution in [3.05, 3.63) is 24.4 Å². The van der Waals surface area contributed by atoms with Crippen LogP contribution in [0.25, 0.3) is 22.8 Å². The van der Waals surface area contributed by atoms with Gasteiger partial charge in [0.15, 0.2) is 15.2 Å². The van der Waals surface area contributed by atoms with Gasteiger partial charge in [0, 0.05) is 11.0 Å². The van der Waals surface area contributed by atoms with E-state index in [-0.39, 0.29) is 17.0 Å². The van der Waals surface area contributed by atoms with Crippen molar-refractivity contribution in [2.75, 3.05) is 4.90 Å². The second-order valence-corrected chi connectivity index (χ2v) is 13.6. The molecule has 2 heterocycles. The van der Waals surface area contributed by atoms with Crippen molar-refractivity contribution in [3.8, 4) is 28.5 Å². The monoisotopic (exact) mass is 548 g/mol. The Balaban J connectivity index is 1.46. The molecule has 2 saturated carbocycles. The van der Waals surface area contributed by atoms with Crippen molar-refractivity contribution in [1.29, 1.82) is 0 Å². The Labute approximate surface area is 225 Å². The number of fused-ring (bicyclic) bond motifs is 2. The van der Waals surface area contributed by atoms with Crippen LogP contribution in [0.5, 0.6) is 5.75 Å². The molecule has 0 saturated heterocycles. The van der Waals surface area contributed by atoms with Crippen molar-refractivity contribution in [2.24, 2.45) is 17.9 Å². The number of phenolic OH excluding ortho intramolecular Hbond substituents is 1. The first-order valence-electron chi connectivity index (χ1n) is 11.8. The molecular formula is C23H29FN8OS3. The van der Waals surface area contributed by atoms with Gasteiger partial charge >= 0.3 is 0 Å². The highest BCUT2D eigenvalue weighted by atomic mass is 32.2. The van der Waals surface area contributed by atoms with Crippen LogP contribution in [-0.2, 0) is 7.05 Å². The standard InChI is InChI=1S/C23H29FN8OS3/c1-21-7-4-8-22(2,12-21)18(24)15(10-21)32(23(34,35)36)17-11-25-20(27-26-17)14-6-5-13(9-16(14)33)19-28-30-31(3)29-19/h5-6,9,11,15,18,33-36H,4,7-8,10,12H2,1-3H3/t15-,18-,21-,22-/m0/s1. The molecule has 2 aliphatic carbocycles. The first-order valence-corrected chi connectivity index (χ1v) is 13.1. The van der Waals surface area contributed by atoms with Gasteiger partial charge in [-0.3, -0.25) is 0 Å². The molecule has 2 fully saturated rings. The highest BCUT2D eigenvalue weighted by molar-refractivity contribution is 8.17. The van der Waals surface area contributed by atoms with Crippen LogP contribution in [0.2, 0.25) is 0 Å². The third-order valence-electron chi connectivity index (χ3n) is 7.52. The molecule has 4 atom stereocenters. The number of aromatic nitrogens is 7. The van der Waals surface area contributed by atoms with Crippen molar-refractivity contribution in [1.82, 2.24) is 35.4 Å². The number of benzene rings is 1. The quantitative estimate of drug-likeness (QED) is 0.276. The van der Waals surface area contributed by atoms with E-state index in [0.29, 0.717) is 29.2 Å². The Morgan fingerprint density at radius 2 is 1.92 bits per heavy atom. The van der Waals surface area contributed by atoms with Crippen molar-refractivity contribution in [2.45, 2.75) is 61.7 Å². The topological polar surface area (TPSA) is 106 Å². The first-order chi connectivity index (χ1) is 16.9. The Morgan fingerprint density at radius 1 is 1.14 bits per heavy atom. The van der Waals surface area contributed by atoms with Gasteiger partial charge in [0.2, 0.25) is 5.82 Å². The highest BCUT2D eigenvalue weighted by Gasteiger charge is 2.56. The van der Waals surface area contributed by atoms with E-state index >= 15 is 4.39 Å². The predicted octanol–water partition coefficient (Wildman–Crippen LogP) is 4.34. The van der Waals surface area contributed by atoms with Crippen LogP contribution in [0.3, 0.4) is 0 Å². The summed E-state index contributed by atoms with van der Waals surface area (Å²) in [6.45, 7) is 4.27. The lowest BCUT2D eigenvalue weighted by molar-refractivity contribution is -0.0549. The van der Waals surface area contributed by atoms with Crippen LogP contribution in [0.4, 0.5) is 10.2 Å². The van der Waals surface area contributed by atoms with Crippen LogP contribution in [0.15, 0.2) is 24.4 Å². The number of tetrazole rings is 1. The molecule has 13 heteroatoms. The average molecular weight is 549 g/mol. The number of thiol groups is 3. The number of hydrogen-bond donors (Lipinski definition) is 4. The van der Waals surface area contributed by atoms with E-state index in [0.717, 1.165) is 25.7 Å². The average Bonchev–Trinajstić information content (AvgIpc) is 3.23. The predicted molar refractivity (Wildman–Crippen MR) is 145 cm³/mol. The van der Waals surface area contributed by atoms with E-state index < -0.39 is 21.2 Å². The third kappa shape index (κ3) is 4.65. The zero-order valence-electron chi connectivity index (χ0n) is 20.2. The maximum absolute atomic E-state index is 16.1. The summed E-state index contributed by atoms with van der Waals surface area (Å²) in [6.07, 6.45) is 4.81. The van der Waals surface area contributed by atoms with Crippen molar-refractivity contribution in [3.63, 3.8) is 0 Å². The summed E-state index contributed by atoms with van der Waals surface area (Å²) < 4.78 is 14.8. The van der Waals surface area contributed by atoms with E-state index in [1.54, 1.807) is 24.1 Å². The van der Waals surface area contributed by atoms with Crippen LogP contribution >= 0.6 is 37.9 Å². The normalized spacial score (nSPS) is 28.2. The lowest BCUT2D eigenvalue weighted by atomic mass is 9.54. The summed E-state index contributed by atoms with van der Waals surface area (Å²) in [6, 6.07) is 4.39. The van der Waals surface area contributed by atoms with Gasteiger partial charge in [-0.15, -0.1) is 58.3 Å². The SMILES string of the molecule is Cn1nnc(-c2ccc(-c3ncc(N([C@H]4C[C@]5(C)CCC[C@@](C)(C5)[C@H]4F)C(S)(S)S)nn3)c(O)c2)n1. The molecule has 2 aromatic heterocycles. The largest absolute Gasteiger partial charge is 0.507 e. The molecule has 0 spiro atoms. The van der Waals surface area contributed by atoms with Gasteiger partial charge in [-0.1, -0.05) is 26.3 Å². The number of halogens is 1. The van der Waals surface area contributed by atoms with Gasteiger partial charge in [0.05, 0.1) is 24.8 Å². The maximum atomic E-state index is 16.1. The van der Waals surface area contributed by atoms with Gasteiger partial charge in [0.25, 0.3) is 0 Å². The lowest BCUT2D eigenvalue weighted by Gasteiger charge is -2.57. The minimum absolute atomic E-state index is 0.0193. The zero-order chi connectivity index (χ0) is 25.9. The molecule has 0 unspecified atom stereocenters. The van der Waals surface area contributed by atoms with E-state index in [1.165, 1.54) is 17.1 Å². The second-order valence-electron chi connectivity index (χ2n) is 10.6. The van der Waals surface area contributed by atoms with Gasteiger partial charge in [-0.25, -0.2) is 9.37 Å². The van der Waals surface area contributed by atoms with Crippen LogP contribution < -0.4 is 4.90 Å². The number of rotatable bonds is 5. The van der Waals surface area contributed by atoms with Gasteiger partial charge < -0.3 is 10.0 Å². The molecule has 0 radical (unpaired) electrons. The zero-order valence-corrected chi connectivity index (χ0v) is 22.9. The summed E-state index contributed by atoms with van der Waals surface area (Å²) >= 11 is 13.7. The summed E-state index contributed by atoms with van der Waals surface area (Å²) in [5.41, 5.74) is 0.577. The third-order valence-corrected chi connectivity index (χ3v) is 8.17. The summed E-state index contributed by atoms with van der Waals surface area (Å²) in [5.74, 6) is 0.869. The van der Waals surface area contributed by atoms with Crippen molar-refractivity contribution >= 4 is 43.7 Å². The summed E-state index contributed by atoms with van der Waals surface area (Å²) in [5, 5.41) is 31.1. The summed E-state index contributed by atoms with van der Waals surface area (Å²) in [7, 11) is 1.66. The fourth-order valence-electron chi connectivity index (χ4n) is 6.08. The maximum Gasteiger partial charge on any atom is 0.205 e. The van der Waals surface area contributed by atoms with Crippen molar-refractivity contribution < 1.29 is 9.50 Å². The molecule has 2 aliphatic rings. The molecule has 5 rings (SSSR count). The Morgan fingerprint density at radius 3 is 2.53 bits per heavy atom. The number of hydrogen-bond acceptors (Lipinski definition) is 11. The minimum atomic E-state index is -1.29. The first kappa shape index (κ1) is 25.5. The smallest absolute Gasteiger partial charge is 0.205 e. The molecule has 0 aliphatic heterocycles. The molecule has 0 amide bonds. The molecule has 2 bridgehead atoms. The molecule has 3 aromatic rings. The number of alkyl halides is 1. The van der Waals surface area contributed by atoms with E-state index in [9.17, 15) is 5.11 Å². The molecule has 36 heavy (non-hydrogen) atoms. The van der Waals surface area contributed by atoms with Gasteiger partial charge in [-0.05, 0) is 48.4 Å². The molecule has 1 N–H and O–H groups in total. The van der Waals surface area contributed by atoms with Crippen LogP contribution in [-0.4, -0.2) is 56.2 Å². The Hall–Kier alpha value is -2.12. The molecule has 1 aromatic carbocycles. The lowest BCUT2D eigenvalue weighted by Crippen LogP contribution is -2.60. The number of aryl methyl sites for hydroxylation is 1. The summed E-state index contributed by atoms with van der Waals surface area (Å²) in [4.78, 5) is 7.43. The second kappa shape index (κ2) is 9.02. The number of anilines is 1. The highest BCUT2D eigenvalue weighted by Crippen LogP contribution is 2.58. The van der Waals surface area contributed by atoms with Gasteiger partial charge in [-0.2, -0.15) is 4.80 Å². The number of aromatic hydroxyl groups is 1. The fraction of sp³-hybridized carbons (Fsp3) is 0.565. The van der Waals surface area contributed by atoms with E-state index in [1.807, 2.05) is 6.92 Å². The van der Waals surface area contributed by atoms with Crippen LogP contribution in [0.1, 0.15) is 46.0 Å². The molecular weight excluding hydrogens is 520 g/mol. The minimum Gasteiger partial charge on any atom is -0.507 e. The number of phenols is 1. The molecule has 9 nitrogen and oxygen atoms in total. The number of nitrogens with zero attached hydrogens (tertiary/aromatic N) is 8. The molecule has 192 valence electrons. The Kier molecular flexibility index (Phi) is 6.39. The van der Waals surface area contributed by atoms with Crippen LogP contribution in [0, 0.1) is 10.8 Å². The Bertz CT molecular complexity index is 1270. The van der Waals surface area contributed by atoms with E-state index in [2.05, 4.69) is 75.4 Å². The van der Waals surface area contributed by atoms with E-state index in [4.69, 9.17) is 0 Å². The van der Waals surface area contributed by atoms with Gasteiger partial charge in [0.1, 0.15) is 11.9 Å².